The van der Waals surface area contributed by atoms with Gasteiger partial charge >= 0.3 is 0 Å². The third-order valence-corrected chi connectivity index (χ3v) is 6.41. The molecular weight excluding hydrogens is 311 g/mol. The van der Waals surface area contributed by atoms with E-state index in [1.165, 1.54) is 12.3 Å². The van der Waals surface area contributed by atoms with E-state index >= 15 is 0 Å². The van der Waals surface area contributed by atoms with Gasteiger partial charge in [0.05, 0.1) is 6.04 Å². The molecule has 0 aliphatic carbocycles. The largest absolute Gasteiger partial charge is 0.329 e. The Kier molecular flexibility index (Phi) is 5.29. The zero-order valence-corrected chi connectivity index (χ0v) is 13.9. The molecule has 1 aromatic rings. The highest BCUT2D eigenvalue weighted by atomic mass is 32.2. The Bertz CT molecular complexity index is 607. The summed E-state index contributed by atoms with van der Waals surface area (Å²) in [5.74, 6) is 1.00. The molecule has 1 aliphatic heterocycles. The number of rotatable bonds is 4. The summed E-state index contributed by atoms with van der Waals surface area (Å²) in [5, 5.41) is -0.607. The predicted octanol–water partition coefficient (Wildman–Crippen LogP) is 1.55. The Balaban J connectivity index is 2.41. The van der Waals surface area contributed by atoms with Crippen LogP contribution in [0.4, 0.5) is 4.39 Å². The van der Waals surface area contributed by atoms with Gasteiger partial charge in [0.15, 0.2) is 9.84 Å². The van der Waals surface area contributed by atoms with Crippen molar-refractivity contribution in [1.82, 2.24) is 4.90 Å². The molecule has 0 aromatic heterocycles. The number of benzene rings is 1. The first-order valence-electron chi connectivity index (χ1n) is 6.83. The van der Waals surface area contributed by atoms with Crippen LogP contribution < -0.4 is 5.73 Å². The van der Waals surface area contributed by atoms with Crippen molar-refractivity contribution in [3.63, 3.8) is 0 Å². The molecule has 0 saturated carbocycles. The van der Waals surface area contributed by atoms with Crippen molar-refractivity contribution in [2.75, 3.05) is 30.9 Å². The lowest BCUT2D eigenvalue weighted by molar-refractivity contribution is 0.194. The SMILES string of the molecule is Cc1ccc(F)c(C(CN)N2CCSCC2S(C)(=O)=O)c1. The minimum atomic E-state index is -3.23. The minimum Gasteiger partial charge on any atom is -0.329 e. The number of sulfone groups is 1. The molecule has 21 heavy (non-hydrogen) atoms. The number of hydrogen-bond donors (Lipinski definition) is 1. The fourth-order valence-electron chi connectivity index (χ4n) is 2.68. The van der Waals surface area contributed by atoms with Crippen molar-refractivity contribution in [2.24, 2.45) is 5.73 Å². The molecule has 0 amide bonds. The van der Waals surface area contributed by atoms with Gasteiger partial charge in [0.1, 0.15) is 11.2 Å². The minimum absolute atomic E-state index is 0.192. The summed E-state index contributed by atoms with van der Waals surface area (Å²) in [6.45, 7) is 2.67. The van der Waals surface area contributed by atoms with Crippen molar-refractivity contribution >= 4 is 21.6 Å². The first-order valence-corrected chi connectivity index (χ1v) is 9.94. The van der Waals surface area contributed by atoms with Gasteiger partial charge in [0.2, 0.25) is 0 Å². The van der Waals surface area contributed by atoms with Crippen LogP contribution in [0.2, 0.25) is 0 Å². The van der Waals surface area contributed by atoms with Crippen LogP contribution in [-0.4, -0.2) is 49.5 Å². The average molecular weight is 332 g/mol. The van der Waals surface area contributed by atoms with Crippen molar-refractivity contribution < 1.29 is 12.8 Å². The fourth-order valence-corrected chi connectivity index (χ4v) is 5.60. The van der Waals surface area contributed by atoms with Crippen LogP contribution in [0, 0.1) is 12.7 Å². The van der Waals surface area contributed by atoms with Gasteiger partial charge in [0.25, 0.3) is 0 Å². The molecule has 1 heterocycles. The van der Waals surface area contributed by atoms with E-state index in [0.29, 0.717) is 17.9 Å². The number of aryl methyl sites for hydroxylation is 1. The van der Waals surface area contributed by atoms with Crippen LogP contribution >= 0.6 is 11.8 Å². The lowest BCUT2D eigenvalue weighted by Crippen LogP contribution is -2.50. The van der Waals surface area contributed by atoms with Crippen LogP contribution in [0.3, 0.4) is 0 Å². The highest BCUT2D eigenvalue weighted by Gasteiger charge is 2.36. The quantitative estimate of drug-likeness (QED) is 0.906. The molecule has 2 N–H and O–H groups in total. The van der Waals surface area contributed by atoms with E-state index in [9.17, 15) is 12.8 Å². The summed E-state index contributed by atoms with van der Waals surface area (Å²) in [5.41, 5.74) is 7.27. The molecule has 1 aromatic carbocycles. The van der Waals surface area contributed by atoms with Gasteiger partial charge in [0, 0.05) is 36.4 Å². The van der Waals surface area contributed by atoms with Crippen molar-refractivity contribution in [3.8, 4) is 0 Å². The van der Waals surface area contributed by atoms with Gasteiger partial charge in [-0.1, -0.05) is 17.7 Å². The van der Waals surface area contributed by atoms with Crippen LogP contribution in [0.15, 0.2) is 18.2 Å². The van der Waals surface area contributed by atoms with Crippen LogP contribution in [0.1, 0.15) is 17.2 Å². The van der Waals surface area contributed by atoms with Crippen molar-refractivity contribution in [1.29, 1.82) is 0 Å². The molecule has 0 bridgehead atoms. The number of halogens is 1. The second-order valence-corrected chi connectivity index (χ2v) is 8.73. The van der Waals surface area contributed by atoms with Gasteiger partial charge in [-0.3, -0.25) is 4.90 Å². The molecule has 1 fully saturated rings. The number of nitrogens with zero attached hydrogens (tertiary/aromatic N) is 1. The lowest BCUT2D eigenvalue weighted by Gasteiger charge is -2.39. The summed E-state index contributed by atoms with van der Waals surface area (Å²) in [6, 6.07) is 4.47. The highest BCUT2D eigenvalue weighted by Crippen LogP contribution is 2.31. The van der Waals surface area contributed by atoms with E-state index in [0.717, 1.165) is 11.3 Å². The monoisotopic (exact) mass is 332 g/mol. The summed E-state index contributed by atoms with van der Waals surface area (Å²) < 4.78 is 38.2. The molecule has 2 rings (SSSR count). The fraction of sp³-hybridized carbons (Fsp3) is 0.571. The Labute approximate surface area is 129 Å². The molecule has 0 radical (unpaired) electrons. The maximum absolute atomic E-state index is 14.1. The van der Waals surface area contributed by atoms with E-state index in [1.807, 2.05) is 11.8 Å². The van der Waals surface area contributed by atoms with Gasteiger partial charge in [-0.2, -0.15) is 11.8 Å². The summed E-state index contributed by atoms with van der Waals surface area (Å²) in [7, 11) is -3.23. The third-order valence-electron chi connectivity index (χ3n) is 3.75. The predicted molar refractivity (Wildman–Crippen MR) is 85.6 cm³/mol. The maximum Gasteiger partial charge on any atom is 0.164 e. The summed E-state index contributed by atoms with van der Waals surface area (Å²) in [6.07, 6.45) is 1.23. The molecule has 1 aliphatic rings. The maximum atomic E-state index is 14.1. The summed E-state index contributed by atoms with van der Waals surface area (Å²) in [4.78, 5) is 1.84. The van der Waals surface area contributed by atoms with Gasteiger partial charge in [-0.15, -0.1) is 0 Å². The van der Waals surface area contributed by atoms with E-state index in [2.05, 4.69) is 0 Å². The zero-order chi connectivity index (χ0) is 15.6. The molecule has 1 saturated heterocycles. The van der Waals surface area contributed by atoms with E-state index in [-0.39, 0.29) is 12.4 Å². The Morgan fingerprint density at radius 2 is 2.24 bits per heavy atom. The Morgan fingerprint density at radius 3 is 2.86 bits per heavy atom. The zero-order valence-electron chi connectivity index (χ0n) is 12.3. The highest BCUT2D eigenvalue weighted by molar-refractivity contribution is 8.00. The smallest absolute Gasteiger partial charge is 0.164 e. The van der Waals surface area contributed by atoms with Gasteiger partial charge in [-0.05, 0) is 13.0 Å². The molecular formula is C14H21FN2O2S2. The van der Waals surface area contributed by atoms with Gasteiger partial charge < -0.3 is 5.73 Å². The standard InChI is InChI=1S/C14H21FN2O2S2/c1-10-3-4-12(15)11(7-10)13(8-16)17-5-6-20-9-14(17)21(2,18)19/h3-4,7,13-14H,5-6,8-9,16H2,1-2H3. The molecule has 2 unspecified atom stereocenters. The second kappa shape index (κ2) is 6.64. The van der Waals surface area contributed by atoms with Crippen LogP contribution in [0.25, 0.3) is 0 Å². The van der Waals surface area contributed by atoms with E-state index < -0.39 is 21.3 Å². The van der Waals surface area contributed by atoms with Crippen LogP contribution in [-0.2, 0) is 9.84 Å². The van der Waals surface area contributed by atoms with Gasteiger partial charge in [-0.25, -0.2) is 12.8 Å². The Hall–Kier alpha value is -0.630. The lowest BCUT2D eigenvalue weighted by atomic mass is 10.0. The van der Waals surface area contributed by atoms with Crippen molar-refractivity contribution in [2.45, 2.75) is 18.3 Å². The van der Waals surface area contributed by atoms with Crippen LogP contribution in [0.5, 0.6) is 0 Å². The topological polar surface area (TPSA) is 63.4 Å². The molecule has 4 nitrogen and oxygen atoms in total. The van der Waals surface area contributed by atoms with E-state index in [1.54, 1.807) is 23.9 Å². The van der Waals surface area contributed by atoms with E-state index in [4.69, 9.17) is 5.73 Å². The first kappa shape index (κ1) is 16.7. The number of thioether (sulfide) groups is 1. The normalized spacial score (nSPS) is 22.2. The number of nitrogens with two attached hydrogens (primary N) is 1. The second-order valence-electron chi connectivity index (χ2n) is 5.37. The number of hydrogen-bond acceptors (Lipinski definition) is 5. The molecule has 7 heteroatoms. The Morgan fingerprint density at radius 1 is 1.52 bits per heavy atom. The summed E-state index contributed by atoms with van der Waals surface area (Å²) >= 11 is 1.61. The molecule has 2 atom stereocenters. The third kappa shape index (κ3) is 3.77. The van der Waals surface area contributed by atoms with Crippen molar-refractivity contribution in [3.05, 3.63) is 35.1 Å². The molecule has 0 spiro atoms. The molecule has 118 valence electrons. The first-order chi connectivity index (χ1) is 9.84. The average Bonchev–Trinajstić information content (AvgIpc) is 2.43.